The lowest BCUT2D eigenvalue weighted by molar-refractivity contribution is 0.0697. The summed E-state index contributed by atoms with van der Waals surface area (Å²) < 4.78 is 28.9. The van der Waals surface area contributed by atoms with Crippen molar-refractivity contribution in [2.24, 2.45) is 0 Å². The molecule has 4 aromatic rings. The van der Waals surface area contributed by atoms with E-state index in [-0.39, 0.29) is 11.1 Å². The maximum atomic E-state index is 14.4. The zero-order valence-electron chi connectivity index (χ0n) is 14.4. The first-order valence-electron chi connectivity index (χ1n) is 8.40. The summed E-state index contributed by atoms with van der Waals surface area (Å²) in [5.74, 6) is -1.98. The topological polar surface area (TPSA) is 37.3 Å². The maximum absolute atomic E-state index is 14.4. The number of benzene rings is 3. The Kier molecular flexibility index (Phi) is 4.87. The van der Waals surface area contributed by atoms with Crippen molar-refractivity contribution in [1.82, 2.24) is 0 Å². The van der Waals surface area contributed by atoms with E-state index in [2.05, 4.69) is 0 Å². The van der Waals surface area contributed by atoms with Gasteiger partial charge in [-0.05, 0) is 53.4 Å². The lowest BCUT2D eigenvalue weighted by atomic mass is 10.0. The Morgan fingerprint density at radius 3 is 2.57 bits per heavy atom. The number of halogens is 3. The van der Waals surface area contributed by atoms with Crippen LogP contribution in [0.25, 0.3) is 21.2 Å². The van der Waals surface area contributed by atoms with Crippen LogP contribution in [0.2, 0.25) is 5.02 Å². The van der Waals surface area contributed by atoms with Crippen LogP contribution in [-0.4, -0.2) is 11.1 Å². The zero-order chi connectivity index (χ0) is 19.8. The molecule has 4 rings (SSSR count). The highest BCUT2D eigenvalue weighted by Crippen LogP contribution is 2.37. The predicted molar refractivity (Wildman–Crippen MR) is 108 cm³/mol. The molecule has 28 heavy (non-hydrogen) atoms. The zero-order valence-corrected chi connectivity index (χ0v) is 16.0. The minimum absolute atomic E-state index is 0.0274. The summed E-state index contributed by atoms with van der Waals surface area (Å²) in [7, 11) is 0. The lowest BCUT2D eigenvalue weighted by Crippen LogP contribution is -1.97. The second-order valence-corrected chi connectivity index (χ2v) is 7.96. The average Bonchev–Trinajstić information content (AvgIpc) is 3.03. The van der Waals surface area contributed by atoms with Gasteiger partial charge < -0.3 is 5.11 Å². The van der Waals surface area contributed by atoms with Crippen molar-refractivity contribution in [3.05, 3.63) is 93.3 Å². The molecule has 0 fully saturated rings. The Balaban J connectivity index is 1.80. The third kappa shape index (κ3) is 3.63. The third-order valence-corrected chi connectivity index (χ3v) is 5.80. The Labute approximate surface area is 168 Å². The highest BCUT2D eigenvalue weighted by atomic mass is 35.5. The first-order chi connectivity index (χ1) is 13.4. The normalized spacial score (nSPS) is 11.1. The molecule has 0 radical (unpaired) electrons. The van der Waals surface area contributed by atoms with E-state index in [0.29, 0.717) is 17.0 Å². The summed E-state index contributed by atoms with van der Waals surface area (Å²) in [5, 5.41) is 10.5. The van der Waals surface area contributed by atoms with E-state index < -0.39 is 17.6 Å². The number of rotatable bonds is 4. The van der Waals surface area contributed by atoms with E-state index >= 15 is 0 Å². The fraction of sp³-hybridized carbons (Fsp3) is 0.0455. The highest BCUT2D eigenvalue weighted by Gasteiger charge is 2.15. The van der Waals surface area contributed by atoms with Crippen molar-refractivity contribution in [3.8, 4) is 11.1 Å². The van der Waals surface area contributed by atoms with Crippen molar-refractivity contribution < 1.29 is 18.7 Å². The molecule has 0 unspecified atom stereocenters. The lowest BCUT2D eigenvalue weighted by Gasteiger charge is -2.06. The molecule has 0 amide bonds. The van der Waals surface area contributed by atoms with Gasteiger partial charge in [0.2, 0.25) is 0 Å². The second kappa shape index (κ2) is 7.34. The smallest absolute Gasteiger partial charge is 0.335 e. The predicted octanol–water partition coefficient (Wildman–Crippen LogP) is 6.79. The quantitative estimate of drug-likeness (QED) is 0.399. The SMILES string of the molecule is O=C(O)c1ccc(F)c(-c2cccc3cc(Cc4cc(F)cc(Cl)c4)sc23)c1. The largest absolute Gasteiger partial charge is 0.478 e. The van der Waals surface area contributed by atoms with Crippen LogP contribution < -0.4 is 0 Å². The number of hydrogen-bond donors (Lipinski definition) is 1. The Hall–Kier alpha value is -2.76. The van der Waals surface area contributed by atoms with E-state index in [4.69, 9.17) is 11.6 Å². The van der Waals surface area contributed by atoms with E-state index in [1.54, 1.807) is 18.2 Å². The van der Waals surface area contributed by atoms with Gasteiger partial charge in [0.25, 0.3) is 0 Å². The molecule has 140 valence electrons. The van der Waals surface area contributed by atoms with Crippen LogP contribution in [0.5, 0.6) is 0 Å². The second-order valence-electron chi connectivity index (χ2n) is 6.39. The monoisotopic (exact) mass is 414 g/mol. The van der Waals surface area contributed by atoms with Gasteiger partial charge in [0.1, 0.15) is 11.6 Å². The summed E-state index contributed by atoms with van der Waals surface area (Å²) in [4.78, 5) is 12.2. The molecule has 6 heteroatoms. The average molecular weight is 415 g/mol. The Morgan fingerprint density at radius 2 is 1.82 bits per heavy atom. The molecule has 0 aliphatic heterocycles. The summed E-state index contributed by atoms with van der Waals surface area (Å²) in [6, 6.07) is 15.6. The minimum Gasteiger partial charge on any atom is -0.478 e. The number of fused-ring (bicyclic) bond motifs is 1. The number of thiophene rings is 1. The Morgan fingerprint density at radius 1 is 1.00 bits per heavy atom. The van der Waals surface area contributed by atoms with Crippen molar-refractivity contribution in [1.29, 1.82) is 0 Å². The van der Waals surface area contributed by atoms with Gasteiger partial charge in [-0.1, -0.05) is 29.8 Å². The molecule has 0 aliphatic rings. The van der Waals surface area contributed by atoms with E-state index in [9.17, 15) is 18.7 Å². The molecule has 1 heterocycles. The standard InChI is InChI=1S/C22H13ClF2O2S/c23-15-6-12(7-16(24)11-15)8-17-9-13-2-1-3-18(21(13)28-17)19-10-14(22(26)27)4-5-20(19)25/h1-7,9-11H,8H2,(H,26,27). The van der Waals surface area contributed by atoms with Crippen LogP contribution in [0, 0.1) is 11.6 Å². The van der Waals surface area contributed by atoms with E-state index in [1.165, 1.54) is 41.7 Å². The molecule has 0 atom stereocenters. The molecular formula is C22H13ClF2O2S. The Bertz CT molecular complexity index is 1200. The van der Waals surface area contributed by atoms with E-state index in [0.717, 1.165) is 20.5 Å². The van der Waals surface area contributed by atoms with Gasteiger partial charge in [-0.15, -0.1) is 11.3 Å². The first-order valence-corrected chi connectivity index (χ1v) is 9.60. The number of carbonyl (C=O) groups is 1. The maximum Gasteiger partial charge on any atom is 0.335 e. The molecule has 3 aromatic carbocycles. The van der Waals surface area contributed by atoms with Gasteiger partial charge in [0.15, 0.2) is 0 Å². The van der Waals surface area contributed by atoms with Crippen LogP contribution in [0.4, 0.5) is 8.78 Å². The summed E-state index contributed by atoms with van der Waals surface area (Å²) >= 11 is 7.40. The minimum atomic E-state index is -1.11. The van der Waals surface area contributed by atoms with Crippen LogP contribution in [0.3, 0.4) is 0 Å². The third-order valence-electron chi connectivity index (χ3n) is 4.40. The van der Waals surface area contributed by atoms with Crippen LogP contribution in [-0.2, 0) is 6.42 Å². The molecule has 0 saturated heterocycles. The van der Waals surface area contributed by atoms with Gasteiger partial charge in [-0.2, -0.15) is 0 Å². The molecule has 0 spiro atoms. The fourth-order valence-corrected chi connectivity index (χ4v) is 4.66. The number of aromatic carboxylic acids is 1. The van der Waals surface area contributed by atoms with Gasteiger partial charge >= 0.3 is 5.97 Å². The van der Waals surface area contributed by atoms with Crippen LogP contribution >= 0.6 is 22.9 Å². The molecule has 0 saturated carbocycles. The van der Waals surface area contributed by atoms with Crippen LogP contribution in [0.1, 0.15) is 20.8 Å². The number of carboxylic acid groups (broad SMARTS) is 1. The molecule has 0 bridgehead atoms. The number of hydrogen-bond acceptors (Lipinski definition) is 2. The number of carboxylic acids is 1. The van der Waals surface area contributed by atoms with Gasteiger partial charge in [0.05, 0.1) is 5.56 Å². The molecule has 1 N–H and O–H groups in total. The highest BCUT2D eigenvalue weighted by molar-refractivity contribution is 7.19. The fourth-order valence-electron chi connectivity index (χ4n) is 3.19. The van der Waals surface area contributed by atoms with Crippen molar-refractivity contribution >= 4 is 39.0 Å². The van der Waals surface area contributed by atoms with Gasteiger partial charge in [0, 0.05) is 32.1 Å². The molecule has 1 aromatic heterocycles. The first kappa shape index (κ1) is 18.6. The van der Waals surface area contributed by atoms with E-state index in [1.807, 2.05) is 12.1 Å². The summed E-state index contributed by atoms with van der Waals surface area (Å²) in [6.45, 7) is 0. The van der Waals surface area contributed by atoms with Crippen LogP contribution in [0.15, 0.2) is 60.7 Å². The molecule has 0 aliphatic carbocycles. The summed E-state index contributed by atoms with van der Waals surface area (Å²) in [5.41, 5.74) is 1.65. The molecule has 2 nitrogen and oxygen atoms in total. The molecular weight excluding hydrogens is 402 g/mol. The van der Waals surface area contributed by atoms with Crippen molar-refractivity contribution in [2.75, 3.05) is 0 Å². The summed E-state index contributed by atoms with van der Waals surface area (Å²) in [6.07, 6.45) is 0.494. The van der Waals surface area contributed by atoms with Crippen molar-refractivity contribution in [2.45, 2.75) is 6.42 Å². The van der Waals surface area contributed by atoms with Gasteiger partial charge in [-0.3, -0.25) is 0 Å². The van der Waals surface area contributed by atoms with Gasteiger partial charge in [-0.25, -0.2) is 13.6 Å². The van der Waals surface area contributed by atoms with Crippen molar-refractivity contribution in [3.63, 3.8) is 0 Å².